The van der Waals surface area contributed by atoms with Gasteiger partial charge in [0.1, 0.15) is 0 Å². The second kappa shape index (κ2) is 18.0. The van der Waals surface area contributed by atoms with E-state index < -0.39 is 0 Å². The highest BCUT2D eigenvalue weighted by atomic mass is 16.3. The van der Waals surface area contributed by atoms with E-state index in [1.54, 1.807) is 0 Å². The Kier molecular flexibility index (Phi) is 17.9. The highest BCUT2D eigenvalue weighted by Gasteiger charge is 2.03. The fourth-order valence-electron chi connectivity index (χ4n) is 2.86. The molecule has 21 heavy (non-hydrogen) atoms. The summed E-state index contributed by atoms with van der Waals surface area (Å²) in [4.78, 5) is 0. The molecule has 0 rings (SSSR count). The molecule has 0 saturated heterocycles. The topological polar surface area (TPSA) is 40.5 Å². The van der Waals surface area contributed by atoms with Crippen LogP contribution in [0, 0.1) is 0 Å². The summed E-state index contributed by atoms with van der Waals surface area (Å²) in [5, 5.41) is 18.4. The molecule has 0 saturated carbocycles. The molecule has 128 valence electrons. The fraction of sp³-hybridized carbons (Fsp3) is 1.00. The Morgan fingerprint density at radius 2 is 0.952 bits per heavy atom. The van der Waals surface area contributed by atoms with Gasteiger partial charge in [0.15, 0.2) is 0 Å². The third-order valence-electron chi connectivity index (χ3n) is 4.34. The second-order valence-corrected chi connectivity index (χ2v) is 6.55. The van der Waals surface area contributed by atoms with E-state index in [1.807, 2.05) is 0 Å². The minimum Gasteiger partial charge on any atom is -0.396 e. The maximum Gasteiger partial charge on any atom is 0.0540 e. The Morgan fingerprint density at radius 1 is 0.571 bits per heavy atom. The average Bonchev–Trinajstić information content (AvgIpc) is 2.48. The standard InChI is InChI=1S/C19H40O2/c1-2-3-4-5-6-7-8-9-10-11-12-13-16-19(21)17-14-15-18-20/h19-21H,2-18H2,1H3. The summed E-state index contributed by atoms with van der Waals surface area (Å²) in [6.45, 7) is 2.53. The molecule has 0 heterocycles. The Labute approximate surface area is 133 Å². The van der Waals surface area contributed by atoms with Gasteiger partial charge >= 0.3 is 0 Å². The lowest BCUT2D eigenvalue weighted by Crippen LogP contribution is -2.06. The van der Waals surface area contributed by atoms with Crippen LogP contribution in [0.4, 0.5) is 0 Å². The van der Waals surface area contributed by atoms with E-state index in [2.05, 4.69) is 6.92 Å². The van der Waals surface area contributed by atoms with Crippen LogP contribution in [0.25, 0.3) is 0 Å². The van der Waals surface area contributed by atoms with Crippen molar-refractivity contribution in [2.24, 2.45) is 0 Å². The Morgan fingerprint density at radius 3 is 1.38 bits per heavy atom. The van der Waals surface area contributed by atoms with Crippen LogP contribution in [0.2, 0.25) is 0 Å². The first kappa shape index (κ1) is 20.9. The lowest BCUT2D eigenvalue weighted by atomic mass is 10.0. The number of rotatable bonds is 17. The Bertz CT molecular complexity index is 182. The smallest absolute Gasteiger partial charge is 0.0540 e. The van der Waals surface area contributed by atoms with E-state index in [4.69, 9.17) is 5.11 Å². The predicted molar refractivity (Wildman–Crippen MR) is 92.6 cm³/mol. The molecule has 2 N–H and O–H groups in total. The van der Waals surface area contributed by atoms with E-state index in [-0.39, 0.29) is 12.7 Å². The zero-order valence-corrected chi connectivity index (χ0v) is 14.5. The van der Waals surface area contributed by atoms with Crippen LogP contribution in [0.15, 0.2) is 0 Å². The molecule has 0 bridgehead atoms. The van der Waals surface area contributed by atoms with Crippen molar-refractivity contribution in [1.82, 2.24) is 0 Å². The molecule has 0 aromatic heterocycles. The van der Waals surface area contributed by atoms with E-state index >= 15 is 0 Å². The molecule has 0 radical (unpaired) electrons. The van der Waals surface area contributed by atoms with Gasteiger partial charge in [-0.05, 0) is 25.7 Å². The van der Waals surface area contributed by atoms with Crippen LogP contribution in [-0.4, -0.2) is 22.9 Å². The highest BCUT2D eigenvalue weighted by Crippen LogP contribution is 2.14. The van der Waals surface area contributed by atoms with Crippen LogP contribution in [0.3, 0.4) is 0 Å². The Balaban J connectivity index is 3.05. The quantitative estimate of drug-likeness (QED) is 0.343. The van der Waals surface area contributed by atoms with Crippen molar-refractivity contribution in [3.63, 3.8) is 0 Å². The maximum absolute atomic E-state index is 9.76. The van der Waals surface area contributed by atoms with Crippen molar-refractivity contribution in [3.05, 3.63) is 0 Å². The number of unbranched alkanes of at least 4 members (excludes halogenated alkanes) is 12. The van der Waals surface area contributed by atoms with Gasteiger partial charge in [0.2, 0.25) is 0 Å². The molecule has 0 aromatic rings. The molecule has 0 aliphatic carbocycles. The largest absolute Gasteiger partial charge is 0.396 e. The third-order valence-corrected chi connectivity index (χ3v) is 4.34. The molecule has 1 unspecified atom stereocenters. The minimum absolute atomic E-state index is 0.139. The van der Waals surface area contributed by atoms with Crippen LogP contribution in [-0.2, 0) is 0 Å². The van der Waals surface area contributed by atoms with Crippen LogP contribution < -0.4 is 0 Å². The molecule has 0 spiro atoms. The van der Waals surface area contributed by atoms with Gasteiger partial charge in [0.25, 0.3) is 0 Å². The molecular formula is C19H40O2. The van der Waals surface area contributed by atoms with E-state index in [1.165, 1.54) is 70.6 Å². The third kappa shape index (κ3) is 17.9. The van der Waals surface area contributed by atoms with E-state index in [0.29, 0.717) is 0 Å². The molecule has 0 amide bonds. The molecule has 1 atom stereocenters. The van der Waals surface area contributed by atoms with Crippen molar-refractivity contribution < 1.29 is 10.2 Å². The lowest BCUT2D eigenvalue weighted by Gasteiger charge is -2.09. The number of hydrogen-bond acceptors (Lipinski definition) is 2. The van der Waals surface area contributed by atoms with Crippen molar-refractivity contribution in [2.75, 3.05) is 6.61 Å². The molecule has 2 nitrogen and oxygen atoms in total. The van der Waals surface area contributed by atoms with Gasteiger partial charge in [-0.15, -0.1) is 0 Å². The lowest BCUT2D eigenvalue weighted by molar-refractivity contribution is 0.144. The van der Waals surface area contributed by atoms with Crippen molar-refractivity contribution in [3.8, 4) is 0 Å². The number of hydrogen-bond donors (Lipinski definition) is 2. The van der Waals surface area contributed by atoms with Gasteiger partial charge in [0.05, 0.1) is 6.10 Å². The van der Waals surface area contributed by atoms with Crippen molar-refractivity contribution in [2.45, 2.75) is 116 Å². The molecular weight excluding hydrogens is 260 g/mol. The normalized spacial score (nSPS) is 12.7. The van der Waals surface area contributed by atoms with Gasteiger partial charge in [0, 0.05) is 6.61 Å². The molecule has 2 heteroatoms. The molecule has 0 aromatic carbocycles. The van der Waals surface area contributed by atoms with Crippen LogP contribution >= 0.6 is 0 Å². The number of aliphatic hydroxyl groups excluding tert-OH is 2. The van der Waals surface area contributed by atoms with Crippen molar-refractivity contribution in [1.29, 1.82) is 0 Å². The second-order valence-electron chi connectivity index (χ2n) is 6.55. The molecule has 0 aliphatic rings. The Hall–Kier alpha value is -0.0800. The molecule has 0 aliphatic heterocycles. The van der Waals surface area contributed by atoms with Gasteiger partial charge in [-0.25, -0.2) is 0 Å². The first-order valence-corrected chi connectivity index (χ1v) is 9.60. The zero-order chi connectivity index (χ0) is 15.6. The van der Waals surface area contributed by atoms with E-state index in [0.717, 1.165) is 32.1 Å². The van der Waals surface area contributed by atoms with Gasteiger partial charge in [-0.1, -0.05) is 84.0 Å². The summed E-state index contributed by atoms with van der Waals surface area (Å²) in [5.41, 5.74) is 0. The summed E-state index contributed by atoms with van der Waals surface area (Å²) in [5.74, 6) is 0. The van der Waals surface area contributed by atoms with Gasteiger partial charge < -0.3 is 10.2 Å². The summed E-state index contributed by atoms with van der Waals surface area (Å²) < 4.78 is 0. The van der Waals surface area contributed by atoms with Crippen molar-refractivity contribution >= 4 is 0 Å². The maximum atomic E-state index is 9.76. The summed E-state index contributed by atoms with van der Waals surface area (Å²) in [6.07, 6.45) is 19.9. The SMILES string of the molecule is CCCCCCCCCCCCCCC(O)CCCCO. The number of aliphatic hydroxyl groups is 2. The minimum atomic E-state index is -0.139. The van der Waals surface area contributed by atoms with Crippen LogP contribution in [0.1, 0.15) is 110 Å². The fourth-order valence-corrected chi connectivity index (χ4v) is 2.86. The summed E-state index contributed by atoms with van der Waals surface area (Å²) in [7, 11) is 0. The first-order chi connectivity index (χ1) is 10.3. The average molecular weight is 301 g/mol. The zero-order valence-electron chi connectivity index (χ0n) is 14.5. The predicted octanol–water partition coefficient (Wildman–Crippen LogP) is 5.60. The van der Waals surface area contributed by atoms with Gasteiger partial charge in [-0.2, -0.15) is 0 Å². The first-order valence-electron chi connectivity index (χ1n) is 9.60. The monoisotopic (exact) mass is 300 g/mol. The van der Waals surface area contributed by atoms with Gasteiger partial charge in [-0.3, -0.25) is 0 Å². The van der Waals surface area contributed by atoms with E-state index in [9.17, 15) is 5.11 Å². The molecule has 0 fully saturated rings. The summed E-state index contributed by atoms with van der Waals surface area (Å²) in [6, 6.07) is 0. The highest BCUT2D eigenvalue weighted by molar-refractivity contribution is 4.57. The van der Waals surface area contributed by atoms with Crippen LogP contribution in [0.5, 0.6) is 0 Å². The summed E-state index contributed by atoms with van der Waals surface area (Å²) >= 11 is 0.